The first-order valence-electron chi connectivity index (χ1n) is 12.5. The summed E-state index contributed by atoms with van der Waals surface area (Å²) in [6.45, 7) is 6.66. The molecule has 0 saturated heterocycles. The first kappa shape index (κ1) is 24.2. The van der Waals surface area contributed by atoms with Crippen molar-refractivity contribution in [3.8, 4) is 11.5 Å². The fourth-order valence-corrected chi connectivity index (χ4v) is 5.99. The smallest absolute Gasteiger partial charge is 0.297 e. The molecule has 0 saturated carbocycles. The lowest BCUT2D eigenvalue weighted by atomic mass is 9.98. The van der Waals surface area contributed by atoms with Gasteiger partial charge >= 0.3 is 0 Å². The van der Waals surface area contributed by atoms with Crippen molar-refractivity contribution >= 4 is 43.6 Å². The van der Waals surface area contributed by atoms with E-state index in [0.29, 0.717) is 51.3 Å². The molecule has 0 radical (unpaired) electrons. The van der Waals surface area contributed by atoms with Gasteiger partial charge in [0, 0.05) is 0 Å². The minimum Gasteiger partial charge on any atom is -0.493 e. The number of para-hydroxylation sites is 1. The first-order chi connectivity index (χ1) is 18.4. The molecule has 6 rings (SSSR count). The third kappa shape index (κ3) is 3.75. The molecule has 38 heavy (non-hydrogen) atoms. The van der Waals surface area contributed by atoms with E-state index in [1.54, 1.807) is 42.3 Å². The number of methoxy groups -OCH3 is 1. The van der Waals surface area contributed by atoms with E-state index in [2.05, 4.69) is 26.0 Å². The number of hydrogen-bond donors (Lipinski definition) is 0. The Labute approximate surface area is 223 Å². The van der Waals surface area contributed by atoms with E-state index in [9.17, 15) is 9.59 Å². The van der Waals surface area contributed by atoms with Crippen molar-refractivity contribution in [1.29, 1.82) is 0 Å². The van der Waals surface area contributed by atoms with Crippen molar-refractivity contribution in [2.45, 2.75) is 32.7 Å². The number of amides is 1. The average molecular weight is 527 g/mol. The Hall–Kier alpha value is -4.17. The predicted molar refractivity (Wildman–Crippen MR) is 149 cm³/mol. The lowest BCUT2D eigenvalue weighted by Crippen LogP contribution is -2.29. The Morgan fingerprint density at radius 2 is 1.87 bits per heavy atom. The maximum Gasteiger partial charge on any atom is 0.297 e. The van der Waals surface area contributed by atoms with Gasteiger partial charge in [-0.15, -0.1) is 0 Å². The number of rotatable bonds is 6. The van der Waals surface area contributed by atoms with Crippen LogP contribution in [0, 0.1) is 0 Å². The number of carbonyl (C=O) groups is 1. The lowest BCUT2D eigenvalue weighted by molar-refractivity contribution is 0.0971. The minimum absolute atomic E-state index is 0.0358. The molecule has 0 N–H and O–H groups in total. The third-order valence-corrected chi connectivity index (χ3v) is 7.87. The number of thiazole rings is 1. The number of carbonyl (C=O) groups excluding carboxylic acids is 1. The molecule has 1 amide bonds. The molecule has 1 atom stereocenters. The van der Waals surface area contributed by atoms with Crippen molar-refractivity contribution in [3.05, 3.63) is 93.3 Å². The van der Waals surface area contributed by atoms with Gasteiger partial charge in [0.1, 0.15) is 5.58 Å². The van der Waals surface area contributed by atoms with Gasteiger partial charge in [0.25, 0.3) is 5.91 Å². The van der Waals surface area contributed by atoms with Crippen molar-refractivity contribution in [2.24, 2.45) is 0 Å². The second kappa shape index (κ2) is 9.29. The predicted octanol–water partition coefficient (Wildman–Crippen LogP) is 6.68. The van der Waals surface area contributed by atoms with E-state index in [1.807, 2.05) is 25.1 Å². The topological polar surface area (TPSA) is 81.9 Å². The zero-order chi connectivity index (χ0) is 26.6. The van der Waals surface area contributed by atoms with Crippen LogP contribution in [0.25, 0.3) is 21.2 Å². The Morgan fingerprint density at radius 1 is 1.05 bits per heavy atom. The van der Waals surface area contributed by atoms with Crippen molar-refractivity contribution in [3.63, 3.8) is 0 Å². The molecular formula is C30H26N2O5S. The average Bonchev–Trinajstić information content (AvgIpc) is 3.47. The second-order valence-corrected chi connectivity index (χ2v) is 10.5. The van der Waals surface area contributed by atoms with Gasteiger partial charge in [-0.2, -0.15) is 0 Å². The number of aromatic nitrogens is 1. The number of hydrogen-bond acceptors (Lipinski definition) is 7. The Balaban J connectivity index is 1.59. The summed E-state index contributed by atoms with van der Waals surface area (Å²) >= 11 is 1.42. The number of fused-ring (bicyclic) bond motifs is 3. The van der Waals surface area contributed by atoms with Crippen molar-refractivity contribution in [1.82, 2.24) is 4.98 Å². The van der Waals surface area contributed by atoms with E-state index < -0.39 is 11.9 Å². The molecular weight excluding hydrogens is 500 g/mol. The molecule has 7 nitrogen and oxygen atoms in total. The normalized spacial score (nSPS) is 15.0. The van der Waals surface area contributed by atoms with Crippen LogP contribution >= 0.6 is 11.3 Å². The van der Waals surface area contributed by atoms with Crippen LogP contribution in [-0.2, 0) is 0 Å². The van der Waals surface area contributed by atoms with Gasteiger partial charge in [-0.1, -0.05) is 49.4 Å². The Bertz CT molecular complexity index is 1770. The van der Waals surface area contributed by atoms with Crippen molar-refractivity contribution in [2.75, 3.05) is 18.6 Å². The van der Waals surface area contributed by atoms with Crippen LogP contribution in [0.15, 0.2) is 69.9 Å². The molecule has 0 spiro atoms. The molecule has 5 aromatic rings. The van der Waals surface area contributed by atoms with Gasteiger partial charge < -0.3 is 13.9 Å². The summed E-state index contributed by atoms with van der Waals surface area (Å²) in [5.41, 5.74) is 3.12. The molecule has 0 fully saturated rings. The number of nitrogens with zero attached hydrogens (tertiary/aromatic N) is 2. The van der Waals surface area contributed by atoms with Gasteiger partial charge in [-0.05, 0) is 60.4 Å². The molecule has 192 valence electrons. The quantitative estimate of drug-likeness (QED) is 0.245. The van der Waals surface area contributed by atoms with E-state index in [1.165, 1.54) is 16.9 Å². The summed E-state index contributed by atoms with van der Waals surface area (Å²) in [7, 11) is 1.56. The third-order valence-electron chi connectivity index (χ3n) is 6.85. The fourth-order valence-electron chi connectivity index (χ4n) is 4.95. The maximum absolute atomic E-state index is 14.0. The molecule has 3 heterocycles. The van der Waals surface area contributed by atoms with Crippen LogP contribution < -0.4 is 19.8 Å². The zero-order valence-electron chi connectivity index (χ0n) is 21.5. The van der Waals surface area contributed by atoms with Gasteiger partial charge in [-0.25, -0.2) is 4.98 Å². The molecule has 0 unspecified atom stereocenters. The number of ether oxygens (including phenoxy) is 2. The summed E-state index contributed by atoms with van der Waals surface area (Å²) in [4.78, 5) is 34.2. The summed E-state index contributed by atoms with van der Waals surface area (Å²) < 4.78 is 18.3. The second-order valence-electron chi connectivity index (χ2n) is 9.47. The maximum atomic E-state index is 14.0. The van der Waals surface area contributed by atoms with Crippen molar-refractivity contribution < 1.29 is 18.7 Å². The van der Waals surface area contributed by atoms with Crippen LogP contribution in [0.4, 0.5) is 5.13 Å². The highest BCUT2D eigenvalue weighted by molar-refractivity contribution is 7.22. The Kier molecular flexibility index (Phi) is 5.91. The Morgan fingerprint density at radius 3 is 2.63 bits per heavy atom. The van der Waals surface area contributed by atoms with Gasteiger partial charge in [-0.3, -0.25) is 14.5 Å². The van der Waals surface area contributed by atoms with Crippen LogP contribution in [0.5, 0.6) is 11.5 Å². The molecule has 8 heteroatoms. The molecule has 3 aromatic carbocycles. The van der Waals surface area contributed by atoms with E-state index >= 15 is 0 Å². The van der Waals surface area contributed by atoms with Gasteiger partial charge in [0.15, 0.2) is 22.1 Å². The highest BCUT2D eigenvalue weighted by Gasteiger charge is 2.45. The van der Waals surface area contributed by atoms with Crippen LogP contribution in [0.3, 0.4) is 0 Å². The molecule has 0 aliphatic carbocycles. The highest BCUT2D eigenvalue weighted by Crippen LogP contribution is 2.45. The summed E-state index contributed by atoms with van der Waals surface area (Å²) in [5.74, 6) is 1.10. The van der Waals surface area contributed by atoms with E-state index in [0.717, 1.165) is 10.2 Å². The standard InChI is InChI=1S/C30H26N2O5S/c1-5-36-22-13-11-18(14-23(22)35-4)26-25-27(33)19-8-6-7-9-21(19)37-28(25)29(34)32(26)30-31-20-12-10-17(16(2)3)15-24(20)38-30/h6-16,26H,5H2,1-4H3/t26-/m0/s1. The number of anilines is 1. The SMILES string of the molecule is CCOc1ccc([C@H]2c3c(oc4ccccc4c3=O)C(=O)N2c2nc3ccc(C(C)C)cc3s2)cc1OC. The fraction of sp³-hybridized carbons (Fsp3) is 0.233. The highest BCUT2D eigenvalue weighted by atomic mass is 32.1. The molecule has 1 aliphatic rings. The lowest BCUT2D eigenvalue weighted by Gasteiger charge is -2.23. The van der Waals surface area contributed by atoms with Crippen LogP contribution in [0.1, 0.15) is 60.0 Å². The molecule has 0 bridgehead atoms. The summed E-state index contributed by atoms with van der Waals surface area (Å²) in [6.07, 6.45) is 0. The molecule has 2 aromatic heterocycles. The summed E-state index contributed by atoms with van der Waals surface area (Å²) in [6, 6.07) is 17.9. The van der Waals surface area contributed by atoms with Gasteiger partial charge in [0.05, 0.1) is 40.9 Å². The van der Waals surface area contributed by atoms with E-state index in [-0.39, 0.29) is 11.2 Å². The van der Waals surface area contributed by atoms with Gasteiger partial charge in [0.2, 0.25) is 5.76 Å². The molecule has 1 aliphatic heterocycles. The first-order valence-corrected chi connectivity index (χ1v) is 13.3. The van der Waals surface area contributed by atoms with Crippen LogP contribution in [0.2, 0.25) is 0 Å². The van der Waals surface area contributed by atoms with E-state index in [4.69, 9.17) is 18.9 Å². The zero-order valence-corrected chi connectivity index (χ0v) is 22.3. The summed E-state index contributed by atoms with van der Waals surface area (Å²) in [5, 5.41) is 0.924. The monoisotopic (exact) mass is 526 g/mol. The minimum atomic E-state index is -0.743. The number of benzene rings is 3. The largest absolute Gasteiger partial charge is 0.493 e. The van der Waals surface area contributed by atoms with Crippen LogP contribution in [-0.4, -0.2) is 24.6 Å².